The molecule has 0 saturated carbocycles. The van der Waals surface area contributed by atoms with Crippen LogP contribution in [0.3, 0.4) is 0 Å². The highest BCUT2D eigenvalue weighted by molar-refractivity contribution is 7.89. The molecule has 1 aromatic rings. The van der Waals surface area contributed by atoms with Crippen molar-refractivity contribution in [2.24, 2.45) is 0 Å². The van der Waals surface area contributed by atoms with Gasteiger partial charge in [-0.15, -0.1) is 0 Å². The van der Waals surface area contributed by atoms with Crippen molar-refractivity contribution in [3.63, 3.8) is 0 Å². The highest BCUT2D eigenvalue weighted by Crippen LogP contribution is 2.24. The Morgan fingerprint density at radius 1 is 1.33 bits per heavy atom. The molecular weight excluding hydrogens is 404 g/mol. The minimum absolute atomic E-state index is 0.804. The lowest BCUT2D eigenvalue weighted by Crippen LogP contribution is -2.45. The molecule has 0 amide bonds. The zero-order chi connectivity index (χ0) is 20.8. The molecule has 1 atom stereocenters. The van der Waals surface area contributed by atoms with Gasteiger partial charge in [-0.1, -0.05) is 12.1 Å². The largest absolute Gasteiger partial charge is 0.468 e. The van der Waals surface area contributed by atoms with E-state index in [1.54, 1.807) is 4.72 Å². The Hall–Kier alpha value is -2.32. The summed E-state index contributed by atoms with van der Waals surface area (Å²) in [6.45, 7) is -2.86. The molecule has 0 aliphatic rings. The predicted molar refractivity (Wildman–Crippen MR) is 81.0 cm³/mol. The molecule has 0 saturated heterocycles. The first kappa shape index (κ1) is 22.7. The van der Waals surface area contributed by atoms with Gasteiger partial charge in [0.2, 0.25) is 10.0 Å². The van der Waals surface area contributed by atoms with Gasteiger partial charge in [0.15, 0.2) is 4.90 Å². The van der Waals surface area contributed by atoms with Crippen molar-refractivity contribution >= 4 is 21.7 Å². The lowest BCUT2D eigenvalue weighted by Gasteiger charge is -2.19. The fourth-order valence-corrected chi connectivity index (χ4v) is 3.10. The number of ether oxygens (including phenoxy) is 2. The van der Waals surface area contributed by atoms with E-state index in [0.717, 1.165) is 19.2 Å². The van der Waals surface area contributed by atoms with Crippen LogP contribution in [-0.4, -0.2) is 58.0 Å². The Morgan fingerprint density at radius 2 is 1.93 bits per heavy atom. The molecule has 0 unspecified atom stereocenters. The average molecular weight is 418 g/mol. The van der Waals surface area contributed by atoms with Gasteiger partial charge in [-0.2, -0.15) is 13.5 Å². The Labute approximate surface area is 150 Å². The van der Waals surface area contributed by atoms with Gasteiger partial charge in [0, 0.05) is 6.07 Å². The van der Waals surface area contributed by atoms with E-state index in [1.165, 1.54) is 12.1 Å². The number of benzene rings is 1. The van der Waals surface area contributed by atoms with Gasteiger partial charge in [0.1, 0.15) is 12.6 Å². The second kappa shape index (κ2) is 9.05. The molecule has 0 fully saturated rings. The van der Waals surface area contributed by atoms with Crippen molar-refractivity contribution < 1.29 is 45.2 Å². The Bertz CT molecular complexity index is 789. The third-order valence-electron chi connectivity index (χ3n) is 3.03. The van der Waals surface area contributed by atoms with E-state index in [0.29, 0.717) is 0 Å². The monoisotopic (exact) mass is 418 g/mol. The fraction of sp³-hybridized carbons (Fsp3) is 0.462. The van der Waals surface area contributed by atoms with E-state index in [4.69, 9.17) is 0 Å². The summed E-state index contributed by atoms with van der Waals surface area (Å²) in [4.78, 5) is 20.8. The number of hydrogen-bond donors (Lipinski definition) is 1. The zero-order valence-corrected chi connectivity index (χ0v) is 14.4. The molecule has 9 nitrogen and oxygen atoms in total. The van der Waals surface area contributed by atoms with Crippen molar-refractivity contribution in [1.82, 2.24) is 4.72 Å². The quantitative estimate of drug-likeness (QED) is 0.263. The highest BCUT2D eigenvalue weighted by Gasteiger charge is 2.41. The van der Waals surface area contributed by atoms with Crippen LogP contribution in [0, 0.1) is 10.1 Å². The molecule has 1 aromatic carbocycles. The molecule has 27 heavy (non-hydrogen) atoms. The number of hydrogen-bond acceptors (Lipinski definition) is 7. The third kappa shape index (κ3) is 6.11. The van der Waals surface area contributed by atoms with Crippen molar-refractivity contribution in [3.05, 3.63) is 34.4 Å². The van der Waals surface area contributed by atoms with Crippen molar-refractivity contribution in [2.75, 3.05) is 20.3 Å². The van der Waals surface area contributed by atoms with Gasteiger partial charge >= 0.3 is 18.3 Å². The molecule has 0 aliphatic carbocycles. The van der Waals surface area contributed by atoms with E-state index in [1.807, 2.05) is 0 Å². The zero-order valence-electron chi connectivity index (χ0n) is 13.6. The standard InChI is InChI=1S/C13H14F4N2O7S/c1-25-11(20)8(6-26-7-13(16,17)12(14)15)18-27(23,24)10-5-3-2-4-9(10)19(21)22/h2-5,8,12,18H,6-7H2,1H3/t8-/m0/s1. The fourth-order valence-electron chi connectivity index (χ4n) is 1.75. The molecular formula is C13H14F4N2O7S. The lowest BCUT2D eigenvalue weighted by molar-refractivity contribution is -0.387. The number of nitro groups is 1. The van der Waals surface area contributed by atoms with Crippen LogP contribution in [0.1, 0.15) is 0 Å². The normalized spacial score (nSPS) is 13.4. The summed E-state index contributed by atoms with van der Waals surface area (Å²) in [5, 5.41) is 10.9. The molecule has 0 radical (unpaired) electrons. The number of nitro benzene ring substituents is 1. The van der Waals surface area contributed by atoms with E-state index < -0.39 is 63.1 Å². The van der Waals surface area contributed by atoms with Gasteiger partial charge in [0.05, 0.1) is 18.6 Å². The van der Waals surface area contributed by atoms with E-state index in [2.05, 4.69) is 9.47 Å². The number of nitrogens with zero attached hydrogens (tertiary/aromatic N) is 1. The summed E-state index contributed by atoms with van der Waals surface area (Å²) in [6.07, 6.45) is -4.03. The topological polar surface area (TPSA) is 125 Å². The Kier molecular flexibility index (Phi) is 7.62. The first-order chi connectivity index (χ1) is 12.4. The van der Waals surface area contributed by atoms with Crippen LogP contribution in [-0.2, 0) is 24.3 Å². The molecule has 0 bridgehead atoms. The average Bonchev–Trinajstić information content (AvgIpc) is 2.59. The minimum Gasteiger partial charge on any atom is -0.468 e. The first-order valence-corrected chi connectivity index (χ1v) is 8.48. The molecule has 0 spiro atoms. The van der Waals surface area contributed by atoms with Gasteiger partial charge in [0.25, 0.3) is 5.69 Å². The van der Waals surface area contributed by atoms with Crippen LogP contribution in [0.4, 0.5) is 23.2 Å². The van der Waals surface area contributed by atoms with E-state index in [9.17, 15) is 40.9 Å². The number of alkyl halides is 4. The molecule has 0 heterocycles. The van der Waals surface area contributed by atoms with Crippen LogP contribution in [0.15, 0.2) is 29.2 Å². The second-order valence-corrected chi connectivity index (χ2v) is 6.68. The van der Waals surface area contributed by atoms with Crippen LogP contribution >= 0.6 is 0 Å². The number of carbonyl (C=O) groups is 1. The number of nitrogens with one attached hydrogen (secondary N) is 1. The molecule has 0 aliphatic heterocycles. The van der Waals surface area contributed by atoms with E-state index >= 15 is 0 Å². The first-order valence-electron chi connectivity index (χ1n) is 6.99. The lowest BCUT2D eigenvalue weighted by atomic mass is 10.3. The summed E-state index contributed by atoms with van der Waals surface area (Å²) < 4.78 is 84.7. The van der Waals surface area contributed by atoms with Gasteiger partial charge in [-0.25, -0.2) is 17.2 Å². The maximum absolute atomic E-state index is 12.8. The van der Waals surface area contributed by atoms with Gasteiger partial charge < -0.3 is 9.47 Å². The summed E-state index contributed by atoms with van der Waals surface area (Å²) >= 11 is 0. The number of sulfonamides is 1. The predicted octanol–water partition coefficient (Wildman–Crippen LogP) is 1.33. The van der Waals surface area contributed by atoms with Gasteiger partial charge in [-0.3, -0.25) is 14.9 Å². The number of esters is 1. The van der Waals surface area contributed by atoms with Crippen LogP contribution < -0.4 is 4.72 Å². The number of rotatable bonds is 10. The van der Waals surface area contributed by atoms with E-state index in [-0.39, 0.29) is 0 Å². The number of methoxy groups -OCH3 is 1. The summed E-state index contributed by atoms with van der Waals surface area (Å²) in [5.74, 6) is -5.80. The smallest absolute Gasteiger partial charge is 0.330 e. The second-order valence-electron chi connectivity index (χ2n) is 5.00. The summed E-state index contributed by atoms with van der Waals surface area (Å²) in [7, 11) is -3.83. The summed E-state index contributed by atoms with van der Waals surface area (Å²) in [5.41, 5.74) is -0.807. The number of halogens is 4. The molecule has 1 N–H and O–H groups in total. The third-order valence-corrected chi connectivity index (χ3v) is 4.55. The molecule has 152 valence electrons. The number of carbonyl (C=O) groups excluding carboxylic acids is 1. The van der Waals surface area contributed by atoms with Crippen LogP contribution in [0.5, 0.6) is 0 Å². The molecule has 14 heteroatoms. The molecule has 0 aromatic heterocycles. The maximum atomic E-state index is 12.8. The summed E-state index contributed by atoms with van der Waals surface area (Å²) in [6, 6.07) is 2.23. The SMILES string of the molecule is COC(=O)[C@H](COCC(F)(F)C(F)F)NS(=O)(=O)c1ccccc1[N+](=O)[O-]. The molecule has 1 rings (SSSR count). The highest BCUT2D eigenvalue weighted by atomic mass is 32.2. The Balaban J connectivity index is 3.00. The number of para-hydroxylation sites is 1. The van der Waals surface area contributed by atoms with Crippen LogP contribution in [0.25, 0.3) is 0 Å². The maximum Gasteiger partial charge on any atom is 0.330 e. The van der Waals surface area contributed by atoms with Crippen molar-refractivity contribution in [2.45, 2.75) is 23.3 Å². The van der Waals surface area contributed by atoms with Crippen molar-refractivity contribution in [1.29, 1.82) is 0 Å². The van der Waals surface area contributed by atoms with Gasteiger partial charge in [-0.05, 0) is 6.07 Å². The Morgan fingerprint density at radius 3 is 2.44 bits per heavy atom. The van der Waals surface area contributed by atoms with Crippen LogP contribution in [0.2, 0.25) is 0 Å². The van der Waals surface area contributed by atoms with Crippen molar-refractivity contribution in [3.8, 4) is 0 Å². The minimum atomic E-state index is -4.68.